The first-order valence-corrected chi connectivity index (χ1v) is 7.59. The van der Waals surface area contributed by atoms with E-state index in [2.05, 4.69) is 13.3 Å². The molecule has 0 fully saturated rings. The van der Waals surface area contributed by atoms with Gasteiger partial charge in [0.25, 0.3) is 0 Å². The number of nitrogens with zero attached hydrogens (tertiary/aromatic N) is 2. The van der Waals surface area contributed by atoms with Crippen molar-refractivity contribution in [1.82, 2.24) is 7.96 Å². The van der Waals surface area contributed by atoms with E-state index >= 15 is 0 Å². The summed E-state index contributed by atoms with van der Waals surface area (Å²) in [6.07, 6.45) is 0. The van der Waals surface area contributed by atoms with E-state index in [1.807, 2.05) is 24.3 Å². The Hall–Kier alpha value is -1.91. The predicted molar refractivity (Wildman–Crippen MR) is 76.8 cm³/mol. The molecule has 102 valence electrons. The molecule has 0 saturated heterocycles. The molecule has 3 rings (SSSR count). The Morgan fingerprint density at radius 1 is 1.25 bits per heavy atom. The second-order valence-corrected chi connectivity index (χ2v) is 5.37. The molecule has 0 aliphatic carbocycles. The van der Waals surface area contributed by atoms with Gasteiger partial charge in [-0.3, -0.25) is 0 Å². The van der Waals surface area contributed by atoms with E-state index < -0.39 is 0 Å². The van der Waals surface area contributed by atoms with Crippen LogP contribution in [0.25, 0.3) is 11.0 Å². The van der Waals surface area contributed by atoms with Crippen LogP contribution in [0.3, 0.4) is 0 Å². The van der Waals surface area contributed by atoms with Gasteiger partial charge in [-0.15, -0.1) is 0 Å². The summed E-state index contributed by atoms with van der Waals surface area (Å²) >= 11 is -0.0493. The first-order valence-electron chi connectivity index (χ1n) is 6.05. The van der Waals surface area contributed by atoms with E-state index in [1.165, 1.54) is 13.2 Å². The summed E-state index contributed by atoms with van der Waals surface area (Å²) in [6, 6.07) is 10.8. The van der Waals surface area contributed by atoms with Crippen LogP contribution < -0.4 is 10.1 Å². The van der Waals surface area contributed by atoms with Gasteiger partial charge >= 0.3 is 121 Å². The third kappa shape index (κ3) is 2.53. The monoisotopic (exact) mass is 337 g/mol. The normalized spacial score (nSPS) is 10.7. The Labute approximate surface area is 121 Å². The van der Waals surface area contributed by atoms with Crippen LogP contribution >= 0.6 is 0 Å². The van der Waals surface area contributed by atoms with Crippen molar-refractivity contribution in [1.29, 1.82) is 0 Å². The molecule has 2 aromatic carbocycles. The molecule has 0 unspecified atom stereocenters. The first kappa shape index (κ1) is 13.1. The fourth-order valence-corrected chi connectivity index (χ4v) is 3.12. The fourth-order valence-electron chi connectivity index (χ4n) is 1.97. The van der Waals surface area contributed by atoms with Crippen molar-refractivity contribution in [3.63, 3.8) is 0 Å². The summed E-state index contributed by atoms with van der Waals surface area (Å²) in [4.78, 5) is 0. The number of fused-ring (bicyclic) bond motifs is 1. The molecule has 0 atom stereocenters. The Morgan fingerprint density at radius 2 is 2.15 bits per heavy atom. The molecule has 0 spiro atoms. The number of nitrogens with one attached hydrogen (secondary N) is 1. The Kier molecular flexibility index (Phi) is 3.67. The summed E-state index contributed by atoms with van der Waals surface area (Å²) in [6.45, 7) is 0.528. The maximum atomic E-state index is 13.6. The van der Waals surface area contributed by atoms with E-state index in [1.54, 1.807) is 6.07 Å². The summed E-state index contributed by atoms with van der Waals surface area (Å²) in [5.41, 5.74) is 3.61. The average molecular weight is 336 g/mol. The number of aromatic nitrogens is 2. The minimum atomic E-state index is -0.354. The molecule has 0 radical (unpaired) electrons. The van der Waals surface area contributed by atoms with Crippen LogP contribution in [0.2, 0.25) is 0 Å². The molecule has 1 aromatic heterocycles. The van der Waals surface area contributed by atoms with Gasteiger partial charge in [0.15, 0.2) is 0 Å². The summed E-state index contributed by atoms with van der Waals surface area (Å²) in [7, 11) is 1.45. The maximum absolute atomic E-state index is 13.6. The van der Waals surface area contributed by atoms with Gasteiger partial charge in [-0.2, -0.15) is 0 Å². The van der Waals surface area contributed by atoms with Crippen molar-refractivity contribution in [3.8, 4) is 5.75 Å². The van der Waals surface area contributed by atoms with Gasteiger partial charge in [-0.1, -0.05) is 0 Å². The van der Waals surface area contributed by atoms with Crippen LogP contribution in [0.15, 0.2) is 36.4 Å². The molecule has 6 heteroatoms. The molecular formula is C14H12FN3OSe. The average Bonchev–Trinajstić information content (AvgIpc) is 2.94. The van der Waals surface area contributed by atoms with Crippen molar-refractivity contribution in [2.45, 2.75) is 6.54 Å². The number of methoxy groups -OCH3 is 1. The number of rotatable bonds is 4. The van der Waals surface area contributed by atoms with Crippen LogP contribution in [-0.2, 0) is 6.54 Å². The van der Waals surface area contributed by atoms with Crippen molar-refractivity contribution in [3.05, 3.63) is 47.8 Å². The summed E-state index contributed by atoms with van der Waals surface area (Å²) < 4.78 is 27.2. The number of benzene rings is 2. The first-order chi connectivity index (χ1) is 9.78. The third-order valence-corrected chi connectivity index (χ3v) is 4.12. The summed E-state index contributed by atoms with van der Waals surface area (Å²) in [5.74, 6) is -0.0982. The van der Waals surface area contributed by atoms with Crippen molar-refractivity contribution >= 4 is 31.7 Å². The molecule has 4 nitrogen and oxygen atoms in total. The second-order valence-electron chi connectivity index (χ2n) is 4.26. The molecule has 20 heavy (non-hydrogen) atoms. The fraction of sp³-hybridized carbons (Fsp3) is 0.143. The topological polar surface area (TPSA) is 47.0 Å². The molecular weight excluding hydrogens is 324 g/mol. The Bertz CT molecular complexity index is 744. The van der Waals surface area contributed by atoms with Gasteiger partial charge in [0.05, 0.1) is 0 Å². The molecule has 0 aliphatic heterocycles. The number of anilines is 1. The van der Waals surface area contributed by atoms with E-state index in [9.17, 15) is 4.39 Å². The number of hydrogen-bond acceptors (Lipinski definition) is 4. The molecule has 0 bridgehead atoms. The predicted octanol–water partition coefficient (Wildman–Crippen LogP) is 2.45. The van der Waals surface area contributed by atoms with Gasteiger partial charge in [-0.05, 0) is 0 Å². The molecule has 1 heterocycles. The Morgan fingerprint density at radius 3 is 2.95 bits per heavy atom. The zero-order chi connectivity index (χ0) is 13.9. The summed E-state index contributed by atoms with van der Waals surface area (Å²) in [5, 5.41) is 3.27. The minimum absolute atomic E-state index is 0.0493. The van der Waals surface area contributed by atoms with Crippen LogP contribution in [-0.4, -0.2) is 30.0 Å². The van der Waals surface area contributed by atoms with Crippen molar-refractivity contribution in [2.24, 2.45) is 0 Å². The number of halogens is 1. The molecule has 1 N–H and O–H groups in total. The van der Waals surface area contributed by atoms with Crippen LogP contribution in [0, 0.1) is 5.82 Å². The Balaban J connectivity index is 1.79. The van der Waals surface area contributed by atoms with Gasteiger partial charge in [0.1, 0.15) is 0 Å². The van der Waals surface area contributed by atoms with Crippen molar-refractivity contribution < 1.29 is 9.13 Å². The van der Waals surface area contributed by atoms with Crippen molar-refractivity contribution in [2.75, 3.05) is 12.4 Å². The van der Waals surface area contributed by atoms with E-state index in [0.29, 0.717) is 6.54 Å². The van der Waals surface area contributed by atoms with Crippen LogP contribution in [0.1, 0.15) is 5.56 Å². The van der Waals surface area contributed by atoms with Gasteiger partial charge in [0, 0.05) is 0 Å². The third-order valence-electron chi connectivity index (χ3n) is 2.99. The SMILES string of the molecule is COc1ccc(CNc2cccc3n[se]nc23)cc1F. The van der Waals surface area contributed by atoms with E-state index in [4.69, 9.17) is 4.74 Å². The zero-order valence-electron chi connectivity index (χ0n) is 10.8. The van der Waals surface area contributed by atoms with E-state index in [-0.39, 0.29) is 26.5 Å². The van der Waals surface area contributed by atoms with Crippen LogP contribution in [0.4, 0.5) is 10.1 Å². The standard InChI is InChI=1S/C14H12FN3OSe/c1-19-13-6-5-9(7-10(13)15)8-16-11-3-2-4-12-14(11)18-20-17-12/h2-7,16H,8H2,1H3. The molecule has 3 aromatic rings. The van der Waals surface area contributed by atoms with Crippen LogP contribution in [0.5, 0.6) is 5.75 Å². The van der Waals surface area contributed by atoms with E-state index in [0.717, 1.165) is 22.3 Å². The number of hydrogen-bond donors (Lipinski definition) is 1. The van der Waals surface area contributed by atoms with Gasteiger partial charge < -0.3 is 0 Å². The zero-order valence-corrected chi connectivity index (χ0v) is 12.5. The molecule has 0 aliphatic rings. The number of ether oxygens (including phenoxy) is 1. The second kappa shape index (κ2) is 5.61. The van der Waals surface area contributed by atoms with Gasteiger partial charge in [-0.25, -0.2) is 0 Å². The quantitative estimate of drug-likeness (QED) is 0.744. The van der Waals surface area contributed by atoms with Gasteiger partial charge in [0.2, 0.25) is 0 Å². The molecule has 0 saturated carbocycles. The molecule has 0 amide bonds.